The van der Waals surface area contributed by atoms with Gasteiger partial charge in [-0.05, 0) is 89.8 Å². The van der Waals surface area contributed by atoms with Crippen LogP contribution in [-0.4, -0.2) is 115 Å². The summed E-state index contributed by atoms with van der Waals surface area (Å²) in [4.78, 5) is 59.9. The van der Waals surface area contributed by atoms with Gasteiger partial charge in [0.2, 0.25) is 0 Å². The van der Waals surface area contributed by atoms with Crippen LogP contribution < -0.4 is 15.4 Å². The largest absolute Gasteiger partial charge is 0.490 e. The number of alkyl carbamates (subject to hydrolysis) is 1. The van der Waals surface area contributed by atoms with Crippen LogP contribution in [0.1, 0.15) is 59.3 Å². The Kier molecular flexibility index (Phi) is 23.5. The van der Waals surface area contributed by atoms with Crippen molar-refractivity contribution in [2.45, 2.75) is 71.5 Å². The van der Waals surface area contributed by atoms with Gasteiger partial charge in [-0.3, -0.25) is 4.79 Å². The highest BCUT2D eigenvalue weighted by Crippen LogP contribution is 2.29. The lowest BCUT2D eigenvalue weighted by atomic mass is 9.83. The Balaban J connectivity index is 1.73. The lowest BCUT2D eigenvalue weighted by Gasteiger charge is -2.29. The van der Waals surface area contributed by atoms with Crippen LogP contribution in [0.3, 0.4) is 0 Å². The van der Waals surface area contributed by atoms with Crippen molar-refractivity contribution in [2.75, 3.05) is 72.5 Å². The molecule has 0 saturated heterocycles. The lowest BCUT2D eigenvalue weighted by Crippen LogP contribution is -2.36. The van der Waals surface area contributed by atoms with E-state index >= 15 is 0 Å². The van der Waals surface area contributed by atoms with E-state index in [0.717, 1.165) is 25.7 Å². The average Bonchev–Trinajstić information content (AvgIpc) is 3.17. The van der Waals surface area contributed by atoms with E-state index in [9.17, 15) is 24.0 Å². The molecule has 0 spiro atoms. The topological polar surface area (TPSA) is 183 Å². The van der Waals surface area contributed by atoms with Crippen molar-refractivity contribution in [2.24, 2.45) is 11.8 Å². The number of benzene rings is 1. The molecule has 1 fully saturated rings. The van der Waals surface area contributed by atoms with Crippen molar-refractivity contribution in [1.29, 1.82) is 0 Å². The molecule has 2 rings (SSSR count). The molecule has 15 nitrogen and oxygen atoms in total. The summed E-state index contributed by atoms with van der Waals surface area (Å²) in [5, 5.41) is 5.59. The van der Waals surface area contributed by atoms with Crippen molar-refractivity contribution in [3.8, 4) is 5.75 Å². The molecule has 2 atom stereocenters. The smallest absolute Gasteiger partial charge is 0.407 e. The molecule has 0 aliphatic heterocycles. The maximum Gasteiger partial charge on any atom is 0.407 e. The molecule has 0 bridgehead atoms. The summed E-state index contributed by atoms with van der Waals surface area (Å²) in [5.74, 6) is -0.725. The first kappa shape index (κ1) is 47.4. The predicted molar refractivity (Wildman–Crippen MR) is 207 cm³/mol. The molecule has 2 N–H and O–H groups in total. The number of carbonyl (C=O) groups excluding carboxylic acids is 5. The van der Waals surface area contributed by atoms with Crippen LogP contribution in [0.15, 0.2) is 66.8 Å². The number of ether oxygens (including phenoxy) is 8. The van der Waals surface area contributed by atoms with Gasteiger partial charge in [0.15, 0.2) is 12.2 Å². The monoisotopic (exact) mass is 788 g/mol. The summed E-state index contributed by atoms with van der Waals surface area (Å²) in [7, 11) is 0. The SMILES string of the molecule is C=C(C)C(=O)OCCCNCC(=O)OC(COCC1CCC(COCC(COC(=O)C(=C)C)OC(=O)NCCCOC(=O)C(=C)C)CC1)COc1ccccc1. The molecule has 1 saturated carbocycles. The molecule has 1 aromatic carbocycles. The first-order chi connectivity index (χ1) is 26.8. The molecule has 1 aliphatic carbocycles. The number of hydrogen-bond acceptors (Lipinski definition) is 14. The van der Waals surface area contributed by atoms with E-state index in [2.05, 4.69) is 30.4 Å². The number of rotatable bonds is 28. The zero-order chi connectivity index (χ0) is 41.1. The summed E-state index contributed by atoms with van der Waals surface area (Å²) in [5.41, 5.74) is 0.844. The van der Waals surface area contributed by atoms with Crippen LogP contribution in [0, 0.1) is 11.8 Å². The van der Waals surface area contributed by atoms with Gasteiger partial charge in [-0.2, -0.15) is 0 Å². The molecule has 56 heavy (non-hydrogen) atoms. The maximum atomic E-state index is 12.6. The van der Waals surface area contributed by atoms with E-state index < -0.39 is 42.2 Å². The minimum atomic E-state index is -0.841. The average molecular weight is 789 g/mol. The van der Waals surface area contributed by atoms with E-state index in [-0.39, 0.29) is 58.3 Å². The zero-order valence-corrected chi connectivity index (χ0v) is 33.1. The third-order valence-electron chi connectivity index (χ3n) is 8.30. The minimum Gasteiger partial charge on any atom is -0.490 e. The fourth-order valence-corrected chi connectivity index (χ4v) is 5.17. The Morgan fingerprint density at radius 2 is 1.16 bits per heavy atom. The molecular weight excluding hydrogens is 728 g/mol. The highest BCUT2D eigenvalue weighted by atomic mass is 16.6. The Bertz CT molecular complexity index is 1410. The third kappa shape index (κ3) is 22.0. The zero-order valence-electron chi connectivity index (χ0n) is 33.1. The van der Waals surface area contributed by atoms with Gasteiger partial charge in [0.05, 0.1) is 33.0 Å². The van der Waals surface area contributed by atoms with Gasteiger partial charge in [0.25, 0.3) is 0 Å². The Labute approximate surface area is 330 Å². The van der Waals surface area contributed by atoms with Crippen LogP contribution in [-0.2, 0) is 52.3 Å². The maximum absolute atomic E-state index is 12.6. The first-order valence-electron chi connectivity index (χ1n) is 19.0. The molecule has 0 heterocycles. The van der Waals surface area contributed by atoms with E-state index in [1.807, 2.05) is 30.3 Å². The molecule has 0 radical (unpaired) electrons. The summed E-state index contributed by atoms with van der Waals surface area (Å²) >= 11 is 0. The number of para-hydroxylation sites is 1. The number of esters is 4. The molecule has 1 amide bonds. The van der Waals surface area contributed by atoms with Gasteiger partial charge < -0.3 is 48.5 Å². The summed E-state index contributed by atoms with van der Waals surface area (Å²) in [6.45, 7) is 17.3. The quantitative estimate of drug-likeness (QED) is 0.0518. The van der Waals surface area contributed by atoms with Crippen LogP contribution in [0.25, 0.3) is 0 Å². The standard InChI is InChI=1S/C41H60N2O13/c1-29(2)38(45)51-20-10-18-42-22-37(44)55-35(27-53-34-12-8-7-9-13-34)25-49-23-32-14-16-33(17-15-32)24-50-26-36(28-54-40(47)31(5)6)56-41(48)43-19-11-21-52-39(46)30(3)4/h7-9,12-13,32-33,35-36,42H,1,3,5,10-11,14-28H2,2,4,6H3,(H,43,48). The molecular formula is C41H60N2O13. The van der Waals surface area contributed by atoms with Gasteiger partial charge >= 0.3 is 30.0 Å². The summed E-state index contributed by atoms with van der Waals surface area (Å²) in [6.07, 6.45) is 2.40. The molecule has 1 aromatic rings. The van der Waals surface area contributed by atoms with Gasteiger partial charge in [0.1, 0.15) is 19.0 Å². The second-order valence-corrected chi connectivity index (χ2v) is 13.7. The second kappa shape index (κ2) is 27.8. The van der Waals surface area contributed by atoms with E-state index in [1.54, 1.807) is 13.8 Å². The Morgan fingerprint density at radius 1 is 0.661 bits per heavy atom. The lowest BCUT2D eigenvalue weighted by molar-refractivity contribution is -0.153. The van der Waals surface area contributed by atoms with E-state index in [0.29, 0.717) is 61.3 Å². The highest BCUT2D eigenvalue weighted by molar-refractivity contribution is 5.87. The number of amides is 1. The van der Waals surface area contributed by atoms with Gasteiger partial charge in [-0.15, -0.1) is 0 Å². The fraction of sp³-hybridized carbons (Fsp3) is 0.585. The van der Waals surface area contributed by atoms with Crippen LogP contribution in [0.4, 0.5) is 4.79 Å². The van der Waals surface area contributed by atoms with Crippen molar-refractivity contribution < 1.29 is 61.9 Å². The van der Waals surface area contributed by atoms with E-state index in [4.69, 9.17) is 37.9 Å². The van der Waals surface area contributed by atoms with Crippen LogP contribution in [0.2, 0.25) is 0 Å². The molecule has 15 heteroatoms. The molecule has 1 aliphatic rings. The van der Waals surface area contributed by atoms with Crippen molar-refractivity contribution in [3.05, 3.63) is 66.8 Å². The van der Waals surface area contributed by atoms with E-state index in [1.165, 1.54) is 6.92 Å². The summed E-state index contributed by atoms with van der Waals surface area (Å²) in [6, 6.07) is 9.25. The Morgan fingerprint density at radius 3 is 1.70 bits per heavy atom. The normalized spacial score (nSPS) is 16.0. The number of hydrogen-bond donors (Lipinski definition) is 2. The highest BCUT2D eigenvalue weighted by Gasteiger charge is 2.24. The summed E-state index contributed by atoms with van der Waals surface area (Å²) < 4.78 is 44.2. The number of carbonyl (C=O) groups is 5. The van der Waals surface area contributed by atoms with Crippen molar-refractivity contribution >= 4 is 30.0 Å². The van der Waals surface area contributed by atoms with Crippen molar-refractivity contribution in [1.82, 2.24) is 10.6 Å². The van der Waals surface area contributed by atoms with Crippen molar-refractivity contribution in [3.63, 3.8) is 0 Å². The second-order valence-electron chi connectivity index (χ2n) is 13.7. The molecule has 312 valence electrons. The minimum absolute atomic E-state index is 0.0154. The Hall–Kier alpha value is -4.73. The number of nitrogens with one attached hydrogen (secondary N) is 2. The van der Waals surface area contributed by atoms with Crippen LogP contribution in [0.5, 0.6) is 5.75 Å². The van der Waals surface area contributed by atoms with Gasteiger partial charge in [-0.25, -0.2) is 19.2 Å². The predicted octanol–water partition coefficient (Wildman–Crippen LogP) is 4.64. The van der Waals surface area contributed by atoms with Gasteiger partial charge in [-0.1, -0.05) is 37.9 Å². The third-order valence-corrected chi connectivity index (χ3v) is 8.30. The molecule has 0 aromatic heterocycles. The van der Waals surface area contributed by atoms with Gasteiger partial charge in [0, 0.05) is 36.5 Å². The fourth-order valence-electron chi connectivity index (χ4n) is 5.17. The van der Waals surface area contributed by atoms with Crippen LogP contribution >= 0.6 is 0 Å². The molecule has 2 unspecified atom stereocenters. The first-order valence-corrected chi connectivity index (χ1v) is 19.0.